The van der Waals surface area contributed by atoms with Crippen LogP contribution in [-0.2, 0) is 19.6 Å². The number of halogens is 1. The van der Waals surface area contributed by atoms with Crippen LogP contribution < -0.4 is 9.46 Å². The van der Waals surface area contributed by atoms with Crippen LogP contribution in [0, 0.1) is 0 Å². The van der Waals surface area contributed by atoms with Crippen LogP contribution in [0.4, 0.5) is 0 Å². The highest BCUT2D eigenvalue weighted by atomic mass is 35.5. The van der Waals surface area contributed by atoms with Gasteiger partial charge in [-0.1, -0.05) is 11.6 Å². The fraction of sp³-hybridized carbons (Fsp3) is 0.500. The quantitative estimate of drug-likeness (QED) is 0.840. The van der Waals surface area contributed by atoms with Crippen molar-refractivity contribution >= 4 is 27.5 Å². The van der Waals surface area contributed by atoms with Gasteiger partial charge in [-0.15, -0.1) is 0 Å². The molecule has 9 heteroatoms. The monoisotopic (exact) mass is 362 g/mol. The Bertz CT molecular complexity index is 674. The number of nitrogens with one attached hydrogen (secondary N) is 1. The molecule has 0 unspecified atom stereocenters. The zero-order valence-electron chi connectivity index (χ0n) is 12.9. The highest BCUT2D eigenvalue weighted by Crippen LogP contribution is 2.26. The van der Waals surface area contributed by atoms with Gasteiger partial charge in [0.25, 0.3) is 0 Å². The number of nitrogens with zero attached hydrogens (tertiary/aromatic N) is 1. The van der Waals surface area contributed by atoms with Gasteiger partial charge in [0.05, 0.1) is 36.3 Å². The number of hydrogen-bond donors (Lipinski definition) is 1. The van der Waals surface area contributed by atoms with Crippen LogP contribution in [0.5, 0.6) is 5.75 Å². The van der Waals surface area contributed by atoms with Crippen molar-refractivity contribution < 1.29 is 22.7 Å². The van der Waals surface area contributed by atoms with E-state index < -0.39 is 16.1 Å². The first-order valence-corrected chi connectivity index (χ1v) is 8.93. The van der Waals surface area contributed by atoms with Crippen LogP contribution in [0.15, 0.2) is 23.1 Å². The Hall–Kier alpha value is -1.35. The molecule has 1 fully saturated rings. The van der Waals surface area contributed by atoms with Gasteiger partial charge in [-0.05, 0) is 25.1 Å². The van der Waals surface area contributed by atoms with Crippen molar-refractivity contribution in [2.45, 2.75) is 17.9 Å². The normalized spacial score (nSPS) is 16.9. The minimum Gasteiger partial charge on any atom is -0.495 e. The van der Waals surface area contributed by atoms with E-state index in [9.17, 15) is 13.2 Å². The van der Waals surface area contributed by atoms with Crippen molar-refractivity contribution in [3.63, 3.8) is 0 Å². The van der Waals surface area contributed by atoms with Crippen LogP contribution in [0.1, 0.15) is 6.92 Å². The third-order valence-electron chi connectivity index (χ3n) is 3.46. The summed E-state index contributed by atoms with van der Waals surface area (Å²) >= 11 is 5.95. The van der Waals surface area contributed by atoms with Crippen molar-refractivity contribution in [2.24, 2.45) is 0 Å². The Morgan fingerprint density at radius 3 is 2.61 bits per heavy atom. The van der Waals surface area contributed by atoms with Gasteiger partial charge in [0.1, 0.15) is 5.75 Å². The van der Waals surface area contributed by atoms with Gasteiger partial charge >= 0.3 is 0 Å². The molecule has 23 heavy (non-hydrogen) atoms. The molecular formula is C14H19ClN2O5S. The molecule has 128 valence electrons. The molecule has 1 N–H and O–H groups in total. The van der Waals surface area contributed by atoms with E-state index in [2.05, 4.69) is 4.72 Å². The highest BCUT2D eigenvalue weighted by Gasteiger charge is 2.27. The Balaban J connectivity index is 2.10. The number of benzene rings is 1. The summed E-state index contributed by atoms with van der Waals surface area (Å²) in [7, 11) is -2.42. The van der Waals surface area contributed by atoms with E-state index in [1.54, 1.807) is 4.90 Å². The first-order valence-electron chi connectivity index (χ1n) is 7.07. The number of hydrogen-bond acceptors (Lipinski definition) is 5. The van der Waals surface area contributed by atoms with E-state index >= 15 is 0 Å². The molecule has 7 nitrogen and oxygen atoms in total. The average molecular weight is 363 g/mol. The Labute approximate surface area is 140 Å². The number of rotatable bonds is 5. The Morgan fingerprint density at radius 1 is 1.39 bits per heavy atom. The predicted octanol–water partition coefficient (Wildman–Crippen LogP) is 0.874. The summed E-state index contributed by atoms with van der Waals surface area (Å²) in [6.45, 7) is 3.34. The van der Waals surface area contributed by atoms with Crippen LogP contribution in [-0.4, -0.2) is 58.7 Å². The lowest BCUT2D eigenvalue weighted by molar-refractivity contribution is -0.136. The zero-order chi connectivity index (χ0) is 17.0. The number of sulfonamides is 1. The van der Waals surface area contributed by atoms with Crippen LogP contribution in [0.25, 0.3) is 0 Å². The number of ether oxygens (including phenoxy) is 2. The van der Waals surface area contributed by atoms with Crippen molar-refractivity contribution in [1.29, 1.82) is 0 Å². The van der Waals surface area contributed by atoms with E-state index in [0.29, 0.717) is 32.1 Å². The van der Waals surface area contributed by atoms with Crippen LogP contribution >= 0.6 is 11.6 Å². The van der Waals surface area contributed by atoms with Gasteiger partial charge < -0.3 is 14.4 Å². The van der Waals surface area contributed by atoms with Gasteiger partial charge in [-0.3, -0.25) is 4.79 Å². The Morgan fingerprint density at radius 2 is 2.04 bits per heavy atom. The summed E-state index contributed by atoms with van der Waals surface area (Å²) in [6, 6.07) is 3.25. The summed E-state index contributed by atoms with van der Waals surface area (Å²) in [5, 5.41) is 0.183. The summed E-state index contributed by atoms with van der Waals surface area (Å²) < 4.78 is 37.3. The minimum absolute atomic E-state index is 0.0232. The lowest BCUT2D eigenvalue weighted by Crippen LogP contribution is -2.50. The molecule has 1 aliphatic rings. The van der Waals surface area contributed by atoms with E-state index in [1.165, 1.54) is 32.2 Å². The van der Waals surface area contributed by atoms with E-state index in [1.807, 2.05) is 0 Å². The fourth-order valence-corrected chi connectivity index (χ4v) is 3.77. The molecule has 1 aliphatic heterocycles. The number of amides is 1. The van der Waals surface area contributed by atoms with Gasteiger partial charge in [0.2, 0.25) is 15.9 Å². The zero-order valence-corrected chi connectivity index (χ0v) is 14.5. The molecule has 0 aromatic heterocycles. The lowest BCUT2D eigenvalue weighted by Gasteiger charge is -2.29. The van der Waals surface area contributed by atoms with Crippen molar-refractivity contribution in [1.82, 2.24) is 9.62 Å². The topological polar surface area (TPSA) is 84.9 Å². The van der Waals surface area contributed by atoms with E-state index in [4.69, 9.17) is 21.1 Å². The molecule has 1 atom stereocenters. The molecule has 0 saturated carbocycles. The van der Waals surface area contributed by atoms with Gasteiger partial charge in [0.15, 0.2) is 0 Å². The van der Waals surface area contributed by atoms with Gasteiger partial charge in [0, 0.05) is 13.1 Å². The fourth-order valence-electron chi connectivity index (χ4n) is 2.22. The standard InChI is InChI=1S/C14H19ClN2O5S/c1-10(14(18)17-5-7-22-8-6-17)16-23(19,20)11-3-4-13(21-2)12(15)9-11/h3-4,9-10,16H,5-8H2,1-2H3/t10-/m1/s1. The van der Waals surface area contributed by atoms with E-state index in [0.717, 1.165) is 0 Å². The van der Waals surface area contributed by atoms with Gasteiger partial charge in [-0.25, -0.2) is 8.42 Å². The second-order valence-corrected chi connectivity index (χ2v) is 7.20. The second-order valence-electron chi connectivity index (χ2n) is 5.08. The molecule has 0 aliphatic carbocycles. The SMILES string of the molecule is COc1ccc(S(=O)(=O)N[C@H](C)C(=O)N2CCOCC2)cc1Cl. The third kappa shape index (κ3) is 4.35. The maximum atomic E-state index is 12.4. The molecule has 1 aromatic rings. The third-order valence-corrected chi connectivity index (χ3v) is 5.29. The Kier molecular flexibility index (Phi) is 5.85. The summed E-state index contributed by atoms with van der Waals surface area (Å²) in [5.41, 5.74) is 0. The summed E-state index contributed by atoms with van der Waals surface area (Å²) in [6.07, 6.45) is 0. The van der Waals surface area contributed by atoms with Gasteiger partial charge in [-0.2, -0.15) is 4.72 Å². The summed E-state index contributed by atoms with van der Waals surface area (Å²) in [5.74, 6) is 0.0968. The number of methoxy groups -OCH3 is 1. The number of morpholine rings is 1. The molecule has 0 radical (unpaired) electrons. The lowest BCUT2D eigenvalue weighted by atomic mass is 10.3. The first kappa shape index (κ1) is 18.0. The van der Waals surface area contributed by atoms with Crippen molar-refractivity contribution in [3.05, 3.63) is 23.2 Å². The number of carbonyl (C=O) groups excluding carboxylic acids is 1. The largest absolute Gasteiger partial charge is 0.495 e. The molecule has 0 bridgehead atoms. The molecule has 1 aromatic carbocycles. The molecule has 1 amide bonds. The van der Waals surface area contributed by atoms with E-state index in [-0.39, 0.29) is 15.8 Å². The maximum Gasteiger partial charge on any atom is 0.241 e. The predicted molar refractivity (Wildman–Crippen MR) is 85.2 cm³/mol. The van der Waals surface area contributed by atoms with Crippen LogP contribution in [0.2, 0.25) is 5.02 Å². The first-order chi connectivity index (χ1) is 10.8. The van der Waals surface area contributed by atoms with Crippen molar-refractivity contribution in [3.8, 4) is 5.75 Å². The second kappa shape index (κ2) is 7.48. The molecule has 0 spiro atoms. The molecule has 1 saturated heterocycles. The van der Waals surface area contributed by atoms with Crippen molar-refractivity contribution in [2.75, 3.05) is 33.4 Å². The molecular weight excluding hydrogens is 344 g/mol. The number of carbonyl (C=O) groups is 1. The maximum absolute atomic E-state index is 12.4. The highest BCUT2D eigenvalue weighted by molar-refractivity contribution is 7.89. The smallest absolute Gasteiger partial charge is 0.241 e. The average Bonchev–Trinajstić information content (AvgIpc) is 2.54. The summed E-state index contributed by atoms with van der Waals surface area (Å²) in [4.78, 5) is 13.8. The minimum atomic E-state index is -3.86. The van der Waals surface area contributed by atoms with Crippen LogP contribution in [0.3, 0.4) is 0 Å². The molecule has 1 heterocycles. The molecule has 2 rings (SSSR count).